The Labute approximate surface area is 160 Å². The smallest absolute Gasteiger partial charge is 0.233 e. The molecule has 1 aromatic heterocycles. The molecule has 4 rings (SSSR count). The SMILES string of the molecule is CC(=O)N1CCN(C(=O)CSc2ccc3sc4ccccc4c3c2)CC1. The van der Waals surface area contributed by atoms with Gasteiger partial charge in [-0.05, 0) is 24.3 Å². The van der Waals surface area contributed by atoms with Gasteiger partial charge in [-0.3, -0.25) is 9.59 Å². The molecule has 0 aliphatic carbocycles. The topological polar surface area (TPSA) is 40.6 Å². The molecule has 0 spiro atoms. The molecule has 0 atom stereocenters. The van der Waals surface area contributed by atoms with E-state index in [1.54, 1.807) is 34.9 Å². The maximum absolute atomic E-state index is 12.5. The number of fused-ring (bicyclic) bond motifs is 3. The van der Waals surface area contributed by atoms with E-state index >= 15 is 0 Å². The van der Waals surface area contributed by atoms with E-state index in [1.165, 1.54) is 20.2 Å². The third-order valence-corrected chi connectivity index (χ3v) is 6.92. The zero-order valence-corrected chi connectivity index (χ0v) is 16.2. The van der Waals surface area contributed by atoms with Gasteiger partial charge in [0.2, 0.25) is 11.8 Å². The summed E-state index contributed by atoms with van der Waals surface area (Å²) in [5, 5.41) is 2.54. The van der Waals surface area contributed by atoms with Gasteiger partial charge in [0.1, 0.15) is 0 Å². The second-order valence-electron chi connectivity index (χ2n) is 6.43. The van der Waals surface area contributed by atoms with Crippen molar-refractivity contribution in [2.75, 3.05) is 31.9 Å². The summed E-state index contributed by atoms with van der Waals surface area (Å²) in [7, 11) is 0. The number of thioether (sulfide) groups is 1. The molecule has 1 aliphatic heterocycles. The molecule has 0 radical (unpaired) electrons. The lowest BCUT2D eigenvalue weighted by Gasteiger charge is -2.34. The second-order valence-corrected chi connectivity index (χ2v) is 8.56. The highest BCUT2D eigenvalue weighted by Gasteiger charge is 2.22. The summed E-state index contributed by atoms with van der Waals surface area (Å²) in [4.78, 5) is 28.6. The summed E-state index contributed by atoms with van der Waals surface area (Å²) in [6.45, 7) is 4.12. The number of hydrogen-bond donors (Lipinski definition) is 0. The van der Waals surface area contributed by atoms with Crippen LogP contribution in [0.3, 0.4) is 0 Å². The highest BCUT2D eigenvalue weighted by atomic mass is 32.2. The van der Waals surface area contributed by atoms with Gasteiger partial charge in [-0.15, -0.1) is 23.1 Å². The van der Waals surface area contributed by atoms with Crippen LogP contribution in [0.4, 0.5) is 0 Å². The molecule has 26 heavy (non-hydrogen) atoms. The van der Waals surface area contributed by atoms with Crippen molar-refractivity contribution < 1.29 is 9.59 Å². The normalized spacial score (nSPS) is 15.0. The van der Waals surface area contributed by atoms with Crippen molar-refractivity contribution >= 4 is 55.1 Å². The molecule has 2 amide bonds. The van der Waals surface area contributed by atoms with Gasteiger partial charge in [0.05, 0.1) is 5.75 Å². The van der Waals surface area contributed by atoms with Crippen LogP contribution >= 0.6 is 23.1 Å². The fraction of sp³-hybridized carbons (Fsp3) is 0.300. The summed E-state index contributed by atoms with van der Waals surface area (Å²) in [5.41, 5.74) is 0. The van der Waals surface area contributed by atoms with Crippen LogP contribution in [-0.2, 0) is 9.59 Å². The van der Waals surface area contributed by atoms with E-state index in [9.17, 15) is 9.59 Å². The molecule has 6 heteroatoms. The first-order chi connectivity index (χ1) is 12.6. The first-order valence-corrected chi connectivity index (χ1v) is 10.5. The molecule has 4 nitrogen and oxygen atoms in total. The molecule has 1 fully saturated rings. The Morgan fingerprint density at radius 3 is 2.42 bits per heavy atom. The average Bonchev–Trinajstić information content (AvgIpc) is 3.04. The number of carbonyl (C=O) groups excluding carboxylic acids is 2. The summed E-state index contributed by atoms with van der Waals surface area (Å²) in [6.07, 6.45) is 0. The number of amides is 2. The van der Waals surface area contributed by atoms with Crippen LogP contribution in [0, 0.1) is 0 Å². The summed E-state index contributed by atoms with van der Waals surface area (Å²) in [6, 6.07) is 14.9. The van der Waals surface area contributed by atoms with E-state index in [0.717, 1.165) is 4.90 Å². The van der Waals surface area contributed by atoms with Crippen molar-refractivity contribution in [1.29, 1.82) is 0 Å². The maximum Gasteiger partial charge on any atom is 0.233 e. The second kappa shape index (κ2) is 7.29. The number of thiophene rings is 1. The largest absolute Gasteiger partial charge is 0.339 e. The highest BCUT2D eigenvalue weighted by molar-refractivity contribution is 8.00. The van der Waals surface area contributed by atoms with E-state index in [0.29, 0.717) is 31.9 Å². The fourth-order valence-corrected chi connectivity index (χ4v) is 5.23. The van der Waals surface area contributed by atoms with Gasteiger partial charge in [0.15, 0.2) is 0 Å². The lowest BCUT2D eigenvalue weighted by atomic mass is 10.1. The molecular weight excluding hydrogens is 364 g/mol. The summed E-state index contributed by atoms with van der Waals surface area (Å²) < 4.78 is 2.58. The van der Waals surface area contributed by atoms with E-state index in [2.05, 4.69) is 42.5 Å². The van der Waals surface area contributed by atoms with Crippen LogP contribution in [0.5, 0.6) is 0 Å². The lowest BCUT2D eigenvalue weighted by molar-refractivity contribution is -0.136. The van der Waals surface area contributed by atoms with Crippen molar-refractivity contribution in [3.8, 4) is 0 Å². The van der Waals surface area contributed by atoms with Gasteiger partial charge in [-0.25, -0.2) is 0 Å². The number of benzene rings is 2. The number of carbonyl (C=O) groups is 2. The summed E-state index contributed by atoms with van der Waals surface area (Å²) >= 11 is 3.39. The molecule has 134 valence electrons. The van der Waals surface area contributed by atoms with Gasteiger partial charge in [-0.2, -0.15) is 0 Å². The molecule has 2 aromatic carbocycles. The van der Waals surface area contributed by atoms with Crippen molar-refractivity contribution in [2.45, 2.75) is 11.8 Å². The van der Waals surface area contributed by atoms with E-state index < -0.39 is 0 Å². The molecule has 1 aliphatic rings. The molecular formula is C20H20N2O2S2. The van der Waals surface area contributed by atoms with E-state index in [4.69, 9.17) is 0 Å². The monoisotopic (exact) mass is 384 g/mol. The Morgan fingerprint density at radius 1 is 0.962 bits per heavy atom. The van der Waals surface area contributed by atoms with Gasteiger partial charge in [0, 0.05) is 58.2 Å². The van der Waals surface area contributed by atoms with Crippen LogP contribution in [0.2, 0.25) is 0 Å². The van der Waals surface area contributed by atoms with Gasteiger partial charge in [0.25, 0.3) is 0 Å². The zero-order valence-electron chi connectivity index (χ0n) is 14.6. The van der Waals surface area contributed by atoms with Crippen molar-refractivity contribution in [3.05, 3.63) is 42.5 Å². The molecule has 1 saturated heterocycles. The van der Waals surface area contributed by atoms with Gasteiger partial charge >= 0.3 is 0 Å². The van der Waals surface area contributed by atoms with Gasteiger partial charge in [-0.1, -0.05) is 18.2 Å². The number of nitrogens with zero attached hydrogens (tertiary/aromatic N) is 2. The predicted octanol–water partition coefficient (Wildman–Crippen LogP) is 3.84. The van der Waals surface area contributed by atoms with Crippen LogP contribution in [0.25, 0.3) is 20.2 Å². The van der Waals surface area contributed by atoms with E-state index in [1.807, 2.05) is 4.90 Å². The Bertz CT molecular complexity index is 974. The van der Waals surface area contributed by atoms with Crippen LogP contribution in [0.1, 0.15) is 6.92 Å². The standard InChI is InChI=1S/C20H20N2O2S2/c1-14(23)21-8-10-22(11-9-21)20(24)13-25-15-6-7-19-17(12-15)16-4-2-3-5-18(16)26-19/h2-7,12H,8-11,13H2,1H3. The number of hydrogen-bond acceptors (Lipinski definition) is 4. The third-order valence-electron chi connectivity index (χ3n) is 4.79. The fourth-order valence-electron chi connectivity index (χ4n) is 3.30. The predicted molar refractivity (Wildman–Crippen MR) is 109 cm³/mol. The molecule has 0 saturated carbocycles. The summed E-state index contributed by atoms with van der Waals surface area (Å²) in [5.74, 6) is 0.671. The minimum atomic E-state index is 0.0859. The highest BCUT2D eigenvalue weighted by Crippen LogP contribution is 2.35. The van der Waals surface area contributed by atoms with Crippen LogP contribution in [0.15, 0.2) is 47.4 Å². The average molecular weight is 385 g/mol. The van der Waals surface area contributed by atoms with Crippen LogP contribution in [-0.4, -0.2) is 53.5 Å². The Hall–Kier alpha value is -2.05. The Kier molecular flexibility index (Phi) is 4.87. The lowest BCUT2D eigenvalue weighted by Crippen LogP contribution is -2.50. The first-order valence-electron chi connectivity index (χ1n) is 8.69. The number of rotatable bonds is 3. The van der Waals surface area contributed by atoms with Crippen molar-refractivity contribution in [2.24, 2.45) is 0 Å². The van der Waals surface area contributed by atoms with Crippen molar-refractivity contribution in [3.63, 3.8) is 0 Å². The quantitative estimate of drug-likeness (QED) is 0.644. The molecule has 0 N–H and O–H groups in total. The van der Waals surface area contributed by atoms with E-state index in [-0.39, 0.29) is 11.8 Å². The first kappa shape index (κ1) is 17.4. The third kappa shape index (κ3) is 3.44. The van der Waals surface area contributed by atoms with Crippen molar-refractivity contribution in [1.82, 2.24) is 9.80 Å². The number of piperazine rings is 1. The Balaban J connectivity index is 1.42. The Morgan fingerprint density at radius 2 is 1.65 bits per heavy atom. The molecule has 0 unspecified atom stereocenters. The zero-order chi connectivity index (χ0) is 18.1. The molecule has 0 bridgehead atoms. The minimum Gasteiger partial charge on any atom is -0.339 e. The molecule has 2 heterocycles. The molecule has 3 aromatic rings. The minimum absolute atomic E-state index is 0.0859. The van der Waals surface area contributed by atoms with Gasteiger partial charge < -0.3 is 9.80 Å². The maximum atomic E-state index is 12.5. The van der Waals surface area contributed by atoms with Crippen LogP contribution < -0.4 is 0 Å².